The number of carboxylic acids is 1. The maximum Gasteiger partial charge on any atom is 0.457 e. The smallest absolute Gasteiger partial charge is 0.457 e. The van der Waals surface area contributed by atoms with Gasteiger partial charge in [0.25, 0.3) is 0 Å². The van der Waals surface area contributed by atoms with E-state index in [4.69, 9.17) is 18.8 Å². The lowest BCUT2D eigenvalue weighted by atomic mass is 9.80. The SMILES string of the molecule is CC(C)(C)OC(=O)NC(CO)C(=O)NC1CN(C(=O)OC(C)(C)C)C(CCCCB2OC(C)(C)C(C)(C)O2)(C(=O)O)C1. The number of aliphatic hydroxyl groups is 1. The second-order valence-corrected chi connectivity index (χ2v) is 14.2. The van der Waals surface area contributed by atoms with E-state index in [2.05, 4.69) is 10.6 Å². The summed E-state index contributed by atoms with van der Waals surface area (Å²) in [5, 5.41) is 25.2. The van der Waals surface area contributed by atoms with E-state index in [1.54, 1.807) is 41.5 Å². The number of rotatable bonds is 10. The number of aliphatic hydroxyl groups excluding tert-OH is 1. The van der Waals surface area contributed by atoms with E-state index in [0.717, 1.165) is 4.90 Å². The molecule has 2 saturated heterocycles. The Kier molecular flexibility index (Phi) is 11.0. The highest BCUT2D eigenvalue weighted by Crippen LogP contribution is 2.39. The molecule has 0 radical (unpaired) electrons. The van der Waals surface area contributed by atoms with Crippen LogP contribution in [-0.2, 0) is 28.4 Å². The molecule has 0 spiro atoms. The quantitative estimate of drug-likeness (QED) is 0.216. The Labute approximate surface area is 249 Å². The fraction of sp³-hybridized carbons (Fsp3) is 0.857. The molecule has 2 rings (SSSR count). The second kappa shape index (κ2) is 13.0. The topological polar surface area (TPSA) is 173 Å². The van der Waals surface area contributed by atoms with Gasteiger partial charge in [-0.05, 0) is 82.0 Å². The molecular formula is C28H50BN3O10. The molecule has 0 aromatic rings. The van der Waals surface area contributed by atoms with E-state index < -0.39 is 77.8 Å². The van der Waals surface area contributed by atoms with Gasteiger partial charge in [-0.25, -0.2) is 14.4 Å². The van der Waals surface area contributed by atoms with Gasteiger partial charge in [0.1, 0.15) is 22.8 Å². The third-order valence-electron chi connectivity index (χ3n) is 7.63. The van der Waals surface area contributed by atoms with Crippen LogP contribution in [0.2, 0.25) is 6.32 Å². The minimum Gasteiger partial charge on any atom is -0.479 e. The highest BCUT2D eigenvalue weighted by atomic mass is 16.7. The normalized spacial score (nSPS) is 24.2. The first-order valence-electron chi connectivity index (χ1n) is 14.5. The summed E-state index contributed by atoms with van der Waals surface area (Å²) in [6.45, 7) is 17.0. The summed E-state index contributed by atoms with van der Waals surface area (Å²) in [5.74, 6) is -1.95. The van der Waals surface area contributed by atoms with Gasteiger partial charge in [0.15, 0.2) is 0 Å². The van der Waals surface area contributed by atoms with Crippen LogP contribution in [0.25, 0.3) is 0 Å². The van der Waals surface area contributed by atoms with Crippen LogP contribution in [0.4, 0.5) is 9.59 Å². The molecule has 2 aliphatic heterocycles. The number of nitrogens with one attached hydrogen (secondary N) is 2. The lowest BCUT2D eigenvalue weighted by Gasteiger charge is -2.35. The van der Waals surface area contributed by atoms with Gasteiger partial charge in [0, 0.05) is 19.0 Å². The van der Waals surface area contributed by atoms with Crippen molar-refractivity contribution in [3.63, 3.8) is 0 Å². The fourth-order valence-electron chi connectivity index (χ4n) is 4.94. The first-order chi connectivity index (χ1) is 19.0. The summed E-state index contributed by atoms with van der Waals surface area (Å²) in [6.07, 6.45) is -0.114. The number of carbonyl (C=O) groups excluding carboxylic acids is 3. The predicted octanol–water partition coefficient (Wildman–Crippen LogP) is 3.08. The number of aliphatic carboxylic acids is 1. The predicted molar refractivity (Wildman–Crippen MR) is 155 cm³/mol. The molecule has 240 valence electrons. The zero-order chi connectivity index (χ0) is 32.3. The van der Waals surface area contributed by atoms with Crippen LogP contribution < -0.4 is 10.6 Å². The summed E-state index contributed by atoms with van der Waals surface area (Å²) in [6, 6.07) is -2.12. The number of carbonyl (C=O) groups is 4. The fourth-order valence-corrected chi connectivity index (χ4v) is 4.94. The van der Waals surface area contributed by atoms with E-state index in [0.29, 0.717) is 19.2 Å². The van der Waals surface area contributed by atoms with Crippen LogP contribution in [0.5, 0.6) is 0 Å². The molecule has 2 aliphatic rings. The standard InChI is InChI=1S/C28H50BN3O10/c1-24(2,3)39-22(37)31-19(17-33)20(34)30-18-15-28(21(35)36,32(16-18)23(38)40-25(4,5)6)13-11-12-14-29-41-26(7,8)27(9,10)42-29/h18-19,33H,11-17H2,1-10H3,(H,30,34)(H,31,37)(H,35,36). The largest absolute Gasteiger partial charge is 0.479 e. The highest BCUT2D eigenvalue weighted by Gasteiger charge is 2.55. The molecule has 0 bridgehead atoms. The van der Waals surface area contributed by atoms with Gasteiger partial charge >= 0.3 is 25.3 Å². The Morgan fingerprint density at radius 3 is 2.00 bits per heavy atom. The number of amides is 3. The van der Waals surface area contributed by atoms with Crippen molar-refractivity contribution in [2.45, 2.75) is 141 Å². The number of likely N-dealkylation sites (tertiary alicyclic amines) is 1. The minimum absolute atomic E-state index is 0.0889. The third kappa shape index (κ3) is 9.21. The summed E-state index contributed by atoms with van der Waals surface area (Å²) >= 11 is 0. The number of nitrogens with zero attached hydrogens (tertiary/aromatic N) is 1. The van der Waals surface area contributed by atoms with E-state index >= 15 is 0 Å². The van der Waals surface area contributed by atoms with Crippen molar-refractivity contribution in [2.24, 2.45) is 0 Å². The van der Waals surface area contributed by atoms with Crippen molar-refractivity contribution in [3.8, 4) is 0 Å². The Morgan fingerprint density at radius 1 is 0.976 bits per heavy atom. The molecule has 13 nitrogen and oxygen atoms in total. The summed E-state index contributed by atoms with van der Waals surface area (Å²) in [4.78, 5) is 52.3. The van der Waals surface area contributed by atoms with Crippen molar-refractivity contribution in [1.29, 1.82) is 0 Å². The number of ether oxygens (including phenoxy) is 2. The van der Waals surface area contributed by atoms with Gasteiger partial charge in [-0.3, -0.25) is 9.69 Å². The first-order valence-corrected chi connectivity index (χ1v) is 14.5. The molecule has 14 heteroatoms. The van der Waals surface area contributed by atoms with Crippen molar-refractivity contribution >= 4 is 31.2 Å². The number of carboxylic acid groups (broad SMARTS) is 1. The van der Waals surface area contributed by atoms with Crippen LogP contribution in [0.15, 0.2) is 0 Å². The molecule has 2 fully saturated rings. The molecular weight excluding hydrogens is 549 g/mol. The van der Waals surface area contributed by atoms with Gasteiger partial charge in [-0.1, -0.05) is 12.8 Å². The Bertz CT molecular complexity index is 991. The number of alkyl carbamates (subject to hydrolysis) is 1. The van der Waals surface area contributed by atoms with Crippen LogP contribution in [0.1, 0.15) is 94.9 Å². The molecule has 0 aliphatic carbocycles. The van der Waals surface area contributed by atoms with Gasteiger partial charge in [-0.2, -0.15) is 0 Å². The van der Waals surface area contributed by atoms with Crippen molar-refractivity contribution < 1.29 is 48.2 Å². The molecule has 3 unspecified atom stereocenters. The van der Waals surface area contributed by atoms with Crippen LogP contribution in [0, 0.1) is 0 Å². The van der Waals surface area contributed by atoms with E-state index in [1.165, 1.54) is 0 Å². The van der Waals surface area contributed by atoms with Gasteiger partial charge in [-0.15, -0.1) is 0 Å². The van der Waals surface area contributed by atoms with Crippen molar-refractivity contribution in [2.75, 3.05) is 13.2 Å². The maximum absolute atomic E-state index is 13.2. The third-order valence-corrected chi connectivity index (χ3v) is 7.63. The van der Waals surface area contributed by atoms with Gasteiger partial charge in [0.2, 0.25) is 5.91 Å². The Hall–Kier alpha value is -2.58. The summed E-state index contributed by atoms with van der Waals surface area (Å²) < 4.78 is 22.8. The molecule has 3 atom stereocenters. The number of hydrogen-bond donors (Lipinski definition) is 4. The first kappa shape index (κ1) is 35.6. The molecule has 42 heavy (non-hydrogen) atoms. The van der Waals surface area contributed by atoms with Crippen LogP contribution in [0.3, 0.4) is 0 Å². The number of unbranched alkanes of at least 4 members (excludes halogenated alkanes) is 1. The van der Waals surface area contributed by atoms with Crippen molar-refractivity contribution in [1.82, 2.24) is 15.5 Å². The van der Waals surface area contributed by atoms with E-state index in [1.807, 2.05) is 27.7 Å². The lowest BCUT2D eigenvalue weighted by Crippen LogP contribution is -2.54. The average Bonchev–Trinajstić information content (AvgIpc) is 3.26. The zero-order valence-corrected chi connectivity index (χ0v) is 26.8. The maximum atomic E-state index is 13.2. The molecule has 0 saturated carbocycles. The van der Waals surface area contributed by atoms with Gasteiger partial charge < -0.3 is 39.6 Å². The van der Waals surface area contributed by atoms with Gasteiger partial charge in [0.05, 0.1) is 17.8 Å². The Morgan fingerprint density at radius 2 is 1.52 bits per heavy atom. The molecule has 3 amide bonds. The summed E-state index contributed by atoms with van der Waals surface area (Å²) in [5.41, 5.74) is -4.30. The lowest BCUT2D eigenvalue weighted by molar-refractivity contribution is -0.150. The molecule has 4 N–H and O–H groups in total. The minimum atomic E-state index is -1.65. The summed E-state index contributed by atoms with van der Waals surface area (Å²) in [7, 11) is -0.429. The Balaban J connectivity index is 2.16. The molecule has 0 aromatic heterocycles. The molecule has 2 heterocycles. The van der Waals surface area contributed by atoms with E-state index in [-0.39, 0.29) is 19.4 Å². The monoisotopic (exact) mass is 599 g/mol. The second-order valence-electron chi connectivity index (χ2n) is 14.2. The molecule has 0 aromatic carbocycles. The van der Waals surface area contributed by atoms with Crippen LogP contribution >= 0.6 is 0 Å². The zero-order valence-electron chi connectivity index (χ0n) is 26.8. The highest BCUT2D eigenvalue weighted by molar-refractivity contribution is 6.45. The number of hydrogen-bond acceptors (Lipinski definition) is 9. The average molecular weight is 600 g/mol. The van der Waals surface area contributed by atoms with Crippen molar-refractivity contribution in [3.05, 3.63) is 0 Å². The van der Waals surface area contributed by atoms with E-state index in [9.17, 15) is 29.4 Å². The van der Waals surface area contributed by atoms with Crippen LogP contribution in [-0.4, -0.2) is 99.5 Å².